The molecule has 2 amide bonds. The third-order valence-corrected chi connectivity index (χ3v) is 3.88. The summed E-state index contributed by atoms with van der Waals surface area (Å²) in [6, 6.07) is 7.36. The zero-order valence-corrected chi connectivity index (χ0v) is 14.2. The zero-order valence-electron chi connectivity index (χ0n) is 14.2. The second-order valence-corrected chi connectivity index (χ2v) is 5.81. The van der Waals surface area contributed by atoms with E-state index in [0.717, 1.165) is 44.6 Å². The largest absolute Gasteiger partial charge is 0.345 e. The van der Waals surface area contributed by atoms with E-state index >= 15 is 0 Å². The van der Waals surface area contributed by atoms with E-state index in [0.29, 0.717) is 18.5 Å². The fourth-order valence-corrected chi connectivity index (χ4v) is 2.50. The van der Waals surface area contributed by atoms with Gasteiger partial charge in [0.05, 0.1) is 6.54 Å². The third-order valence-electron chi connectivity index (χ3n) is 3.88. The molecule has 24 heavy (non-hydrogen) atoms. The first-order valence-electron chi connectivity index (χ1n) is 8.56. The number of unbranched alkanes of at least 4 members (excludes halogenated alkanes) is 1. The van der Waals surface area contributed by atoms with Crippen molar-refractivity contribution in [2.24, 2.45) is 0 Å². The number of carbonyl (C=O) groups excluding carboxylic acids is 2. The lowest BCUT2D eigenvalue weighted by molar-refractivity contribution is -0.120. The standard InChI is InChI=1S/C19H25N3O2/c1-2-3-9-18(23)21-10-5-7-16-6-4-8-17(15-16)19(24)22-13-11-20-12-14-22/h4,6,8,15,20H,2-3,9-14H2,1H3,(H,21,23). The van der Waals surface area contributed by atoms with Gasteiger partial charge in [0.25, 0.3) is 5.91 Å². The van der Waals surface area contributed by atoms with Crippen LogP contribution in [0.1, 0.15) is 42.1 Å². The minimum atomic E-state index is 0.0359. The Morgan fingerprint density at radius 1 is 1.29 bits per heavy atom. The lowest BCUT2D eigenvalue weighted by Gasteiger charge is -2.27. The van der Waals surface area contributed by atoms with E-state index in [1.54, 1.807) is 0 Å². The van der Waals surface area contributed by atoms with Gasteiger partial charge < -0.3 is 15.5 Å². The number of hydrogen-bond acceptors (Lipinski definition) is 3. The number of nitrogens with one attached hydrogen (secondary N) is 2. The minimum absolute atomic E-state index is 0.0359. The van der Waals surface area contributed by atoms with Crippen molar-refractivity contribution in [2.75, 3.05) is 32.7 Å². The Morgan fingerprint density at radius 3 is 2.83 bits per heavy atom. The third kappa shape index (κ3) is 5.71. The molecule has 5 nitrogen and oxygen atoms in total. The molecule has 0 atom stereocenters. The molecule has 1 aliphatic rings. The van der Waals surface area contributed by atoms with Crippen molar-refractivity contribution in [3.8, 4) is 11.8 Å². The average molecular weight is 327 g/mol. The molecule has 0 bridgehead atoms. The Labute approximate surface area is 143 Å². The SMILES string of the molecule is CCCCC(=O)NCC#Cc1cccc(C(=O)N2CCNCC2)c1. The van der Waals surface area contributed by atoms with Crippen molar-refractivity contribution in [3.63, 3.8) is 0 Å². The normalized spacial score (nSPS) is 13.8. The summed E-state index contributed by atoms with van der Waals surface area (Å²) in [5, 5.41) is 6.02. The molecule has 1 aliphatic heterocycles. The molecule has 1 heterocycles. The van der Waals surface area contributed by atoms with Crippen LogP contribution < -0.4 is 10.6 Å². The maximum atomic E-state index is 12.5. The van der Waals surface area contributed by atoms with Gasteiger partial charge in [0.1, 0.15) is 0 Å². The minimum Gasteiger partial charge on any atom is -0.345 e. The maximum absolute atomic E-state index is 12.5. The van der Waals surface area contributed by atoms with E-state index in [1.807, 2.05) is 29.2 Å². The first kappa shape index (κ1) is 18.0. The summed E-state index contributed by atoms with van der Waals surface area (Å²) < 4.78 is 0. The van der Waals surface area contributed by atoms with Crippen LogP contribution in [0.5, 0.6) is 0 Å². The molecule has 1 fully saturated rings. The van der Waals surface area contributed by atoms with E-state index in [4.69, 9.17) is 0 Å². The molecule has 1 saturated heterocycles. The molecule has 1 aromatic rings. The van der Waals surface area contributed by atoms with Gasteiger partial charge in [0.15, 0.2) is 0 Å². The van der Waals surface area contributed by atoms with Gasteiger partial charge in [0.2, 0.25) is 5.91 Å². The van der Waals surface area contributed by atoms with Crippen LogP contribution in [0.2, 0.25) is 0 Å². The van der Waals surface area contributed by atoms with Crippen LogP contribution in [-0.4, -0.2) is 49.4 Å². The predicted octanol–water partition coefficient (Wildman–Crippen LogP) is 1.39. The van der Waals surface area contributed by atoms with Gasteiger partial charge in [0, 0.05) is 43.7 Å². The maximum Gasteiger partial charge on any atom is 0.253 e. The smallest absolute Gasteiger partial charge is 0.253 e. The van der Waals surface area contributed by atoms with Crippen LogP contribution in [0.3, 0.4) is 0 Å². The molecule has 0 aliphatic carbocycles. The number of nitrogens with zero attached hydrogens (tertiary/aromatic N) is 1. The number of rotatable bonds is 5. The first-order valence-corrected chi connectivity index (χ1v) is 8.56. The van der Waals surface area contributed by atoms with E-state index in [9.17, 15) is 9.59 Å². The molecule has 128 valence electrons. The van der Waals surface area contributed by atoms with E-state index in [1.165, 1.54) is 0 Å². The summed E-state index contributed by atoms with van der Waals surface area (Å²) in [6.07, 6.45) is 2.45. The quantitative estimate of drug-likeness (QED) is 0.804. The monoisotopic (exact) mass is 327 g/mol. The highest BCUT2D eigenvalue weighted by Gasteiger charge is 2.17. The number of carbonyl (C=O) groups is 2. The van der Waals surface area contributed by atoms with Crippen molar-refractivity contribution in [2.45, 2.75) is 26.2 Å². The second-order valence-electron chi connectivity index (χ2n) is 5.81. The average Bonchev–Trinajstić information content (AvgIpc) is 2.64. The van der Waals surface area contributed by atoms with Gasteiger partial charge >= 0.3 is 0 Å². The number of hydrogen-bond donors (Lipinski definition) is 2. The van der Waals surface area contributed by atoms with Gasteiger partial charge in [-0.05, 0) is 24.6 Å². The van der Waals surface area contributed by atoms with Crippen LogP contribution in [0.15, 0.2) is 24.3 Å². The van der Waals surface area contributed by atoms with Crippen LogP contribution in [0, 0.1) is 11.8 Å². The molecule has 2 N–H and O–H groups in total. The molecule has 2 rings (SSSR count). The van der Waals surface area contributed by atoms with Crippen LogP contribution in [-0.2, 0) is 4.79 Å². The van der Waals surface area contributed by atoms with Crippen molar-refractivity contribution in [1.29, 1.82) is 0 Å². The van der Waals surface area contributed by atoms with Gasteiger partial charge in [-0.1, -0.05) is 31.3 Å². The second kappa shape index (κ2) is 9.74. The summed E-state index contributed by atoms with van der Waals surface area (Å²) >= 11 is 0. The molecule has 0 spiro atoms. The summed E-state index contributed by atoms with van der Waals surface area (Å²) in [7, 11) is 0. The highest BCUT2D eigenvalue weighted by Crippen LogP contribution is 2.08. The van der Waals surface area contributed by atoms with Gasteiger partial charge in [-0.2, -0.15) is 0 Å². The molecule has 0 aromatic heterocycles. The Morgan fingerprint density at radius 2 is 2.08 bits per heavy atom. The van der Waals surface area contributed by atoms with Crippen molar-refractivity contribution >= 4 is 11.8 Å². The highest BCUT2D eigenvalue weighted by atomic mass is 16.2. The summed E-state index contributed by atoms with van der Waals surface area (Å²) in [4.78, 5) is 25.8. The lowest BCUT2D eigenvalue weighted by atomic mass is 10.1. The number of amides is 2. The molecular weight excluding hydrogens is 302 g/mol. The first-order chi connectivity index (χ1) is 11.7. The van der Waals surface area contributed by atoms with E-state index in [-0.39, 0.29) is 11.8 Å². The Bertz CT molecular complexity index is 625. The Hall–Kier alpha value is -2.32. The van der Waals surface area contributed by atoms with Gasteiger partial charge in [-0.25, -0.2) is 0 Å². The molecule has 1 aromatic carbocycles. The zero-order chi connectivity index (χ0) is 17.2. The molecule has 0 saturated carbocycles. The van der Waals surface area contributed by atoms with Crippen LogP contribution in [0.25, 0.3) is 0 Å². The van der Waals surface area contributed by atoms with Crippen LogP contribution >= 0.6 is 0 Å². The fourth-order valence-electron chi connectivity index (χ4n) is 2.50. The van der Waals surface area contributed by atoms with Crippen LogP contribution in [0.4, 0.5) is 0 Å². The Kier molecular flexibility index (Phi) is 7.31. The van der Waals surface area contributed by atoms with Crippen molar-refractivity contribution < 1.29 is 9.59 Å². The van der Waals surface area contributed by atoms with E-state index < -0.39 is 0 Å². The number of benzene rings is 1. The predicted molar refractivity (Wildman–Crippen MR) is 94.6 cm³/mol. The summed E-state index contributed by atoms with van der Waals surface area (Å²) in [6.45, 7) is 5.53. The van der Waals surface area contributed by atoms with E-state index in [2.05, 4.69) is 29.4 Å². The molecule has 0 unspecified atom stereocenters. The van der Waals surface area contributed by atoms with Gasteiger partial charge in [-0.15, -0.1) is 0 Å². The summed E-state index contributed by atoms with van der Waals surface area (Å²) in [5.74, 6) is 6.03. The topological polar surface area (TPSA) is 61.4 Å². The highest BCUT2D eigenvalue weighted by molar-refractivity contribution is 5.94. The van der Waals surface area contributed by atoms with Crippen molar-refractivity contribution in [3.05, 3.63) is 35.4 Å². The fraction of sp³-hybridized carbons (Fsp3) is 0.474. The van der Waals surface area contributed by atoms with Gasteiger partial charge in [-0.3, -0.25) is 9.59 Å². The number of piperazine rings is 1. The molecular formula is C19H25N3O2. The molecule has 0 radical (unpaired) electrons. The van der Waals surface area contributed by atoms with Crippen molar-refractivity contribution in [1.82, 2.24) is 15.5 Å². The Balaban J connectivity index is 1.89. The summed E-state index contributed by atoms with van der Waals surface area (Å²) in [5.41, 5.74) is 1.45. The lowest BCUT2D eigenvalue weighted by Crippen LogP contribution is -2.46. The molecule has 5 heteroatoms.